The fourth-order valence-corrected chi connectivity index (χ4v) is 2.03. The van der Waals surface area contributed by atoms with Crippen molar-refractivity contribution in [1.29, 1.82) is 0 Å². The lowest BCUT2D eigenvalue weighted by molar-refractivity contribution is -0.144. The summed E-state index contributed by atoms with van der Waals surface area (Å²) in [6.45, 7) is 0.491. The first-order valence-corrected chi connectivity index (χ1v) is 6.00. The first-order valence-electron chi connectivity index (χ1n) is 6.00. The number of nitrogens with zero attached hydrogens (tertiary/aromatic N) is 1. The van der Waals surface area contributed by atoms with Gasteiger partial charge >= 0.3 is 5.97 Å². The number of aliphatic carboxylic acids is 1. The highest BCUT2D eigenvalue weighted by Crippen LogP contribution is 2.38. The number of hydrogen-bond donors (Lipinski definition) is 1. The smallest absolute Gasteiger partial charge is 0.303 e. The molecule has 17 heavy (non-hydrogen) atoms. The Labute approximate surface area is 102 Å². The number of carboxylic acids is 1. The Bertz CT molecular complexity index is 281. The molecule has 0 heterocycles. The van der Waals surface area contributed by atoms with E-state index in [0.29, 0.717) is 19.4 Å². The predicted octanol–water partition coefficient (Wildman–Crippen LogP) is 1.27. The monoisotopic (exact) mass is 243 g/mol. The second kappa shape index (κ2) is 6.00. The first-order chi connectivity index (χ1) is 7.99. The molecule has 0 aromatic heterocycles. The van der Waals surface area contributed by atoms with Crippen LogP contribution in [0.3, 0.4) is 0 Å². The van der Waals surface area contributed by atoms with E-state index in [1.165, 1.54) is 0 Å². The van der Waals surface area contributed by atoms with Crippen LogP contribution in [0.5, 0.6) is 0 Å². The molecular weight excluding hydrogens is 222 g/mol. The van der Waals surface area contributed by atoms with E-state index < -0.39 is 5.97 Å². The van der Waals surface area contributed by atoms with Crippen LogP contribution in [0.15, 0.2) is 0 Å². The number of carbonyl (C=O) groups excluding carboxylic acids is 1. The van der Waals surface area contributed by atoms with Gasteiger partial charge in [0, 0.05) is 27.1 Å². The predicted molar refractivity (Wildman–Crippen MR) is 62.7 cm³/mol. The normalized spacial score (nSPS) is 17.3. The molecule has 1 aliphatic rings. The summed E-state index contributed by atoms with van der Waals surface area (Å²) in [7, 11) is 3.36. The molecule has 5 heteroatoms. The molecule has 1 rings (SSSR count). The van der Waals surface area contributed by atoms with Crippen molar-refractivity contribution in [1.82, 2.24) is 4.90 Å². The highest BCUT2D eigenvalue weighted by molar-refractivity contribution is 5.77. The zero-order valence-corrected chi connectivity index (χ0v) is 10.6. The second-order valence-electron chi connectivity index (χ2n) is 4.73. The van der Waals surface area contributed by atoms with Crippen molar-refractivity contribution < 1.29 is 19.4 Å². The third kappa shape index (κ3) is 4.00. The Balaban J connectivity index is 2.29. The lowest BCUT2D eigenvalue weighted by atomic mass is 9.77. The topological polar surface area (TPSA) is 66.8 Å². The summed E-state index contributed by atoms with van der Waals surface area (Å²) in [5.74, 6) is -0.782. The molecule has 98 valence electrons. The molecule has 0 aliphatic heterocycles. The van der Waals surface area contributed by atoms with Crippen LogP contribution in [0.2, 0.25) is 0 Å². The summed E-state index contributed by atoms with van der Waals surface area (Å²) in [6, 6.07) is 0. The van der Waals surface area contributed by atoms with E-state index in [0.717, 1.165) is 19.3 Å². The van der Waals surface area contributed by atoms with Gasteiger partial charge in [0.1, 0.15) is 0 Å². The van der Waals surface area contributed by atoms with E-state index in [2.05, 4.69) is 0 Å². The Morgan fingerprint density at radius 1 is 1.41 bits per heavy atom. The Morgan fingerprint density at radius 3 is 2.47 bits per heavy atom. The van der Waals surface area contributed by atoms with Crippen molar-refractivity contribution in [3.63, 3.8) is 0 Å². The third-order valence-electron chi connectivity index (χ3n) is 3.48. The molecule has 0 atom stereocenters. The van der Waals surface area contributed by atoms with Gasteiger partial charge in [-0.2, -0.15) is 0 Å². The van der Waals surface area contributed by atoms with Gasteiger partial charge in [-0.15, -0.1) is 0 Å². The summed E-state index contributed by atoms with van der Waals surface area (Å²) in [5, 5.41) is 8.51. The van der Waals surface area contributed by atoms with E-state index in [1.54, 1.807) is 19.1 Å². The molecule has 0 aromatic rings. The largest absolute Gasteiger partial charge is 0.481 e. The van der Waals surface area contributed by atoms with E-state index in [1.807, 2.05) is 0 Å². The van der Waals surface area contributed by atoms with Gasteiger partial charge in [-0.1, -0.05) is 0 Å². The highest BCUT2D eigenvalue weighted by atomic mass is 16.5. The van der Waals surface area contributed by atoms with Crippen molar-refractivity contribution in [2.75, 3.05) is 20.7 Å². The lowest BCUT2D eigenvalue weighted by Crippen LogP contribution is -2.44. The maximum absolute atomic E-state index is 11.9. The van der Waals surface area contributed by atoms with Crippen molar-refractivity contribution >= 4 is 11.9 Å². The Hall–Kier alpha value is -1.10. The fraction of sp³-hybridized carbons (Fsp3) is 0.833. The van der Waals surface area contributed by atoms with Crippen LogP contribution < -0.4 is 0 Å². The zero-order chi connectivity index (χ0) is 12.9. The molecular formula is C12H21NO4. The summed E-state index contributed by atoms with van der Waals surface area (Å²) in [6.07, 6.45) is 4.01. The molecule has 1 aliphatic carbocycles. The van der Waals surface area contributed by atoms with Crippen LogP contribution in [-0.4, -0.2) is 48.2 Å². The number of carboxylic acid groups (broad SMARTS) is 1. The standard InChI is InChI=1S/C12H21NO4/c1-13(8-3-5-11(15)16)10(14)9-12(17-2)6-4-7-12/h3-9H2,1-2H3,(H,15,16). The highest BCUT2D eigenvalue weighted by Gasteiger charge is 2.39. The molecule has 0 spiro atoms. The van der Waals surface area contributed by atoms with E-state index >= 15 is 0 Å². The average molecular weight is 243 g/mol. The molecule has 1 amide bonds. The van der Waals surface area contributed by atoms with Gasteiger partial charge < -0.3 is 14.7 Å². The summed E-state index contributed by atoms with van der Waals surface area (Å²) in [5.41, 5.74) is -0.252. The van der Waals surface area contributed by atoms with Gasteiger partial charge in [0.15, 0.2) is 0 Å². The SMILES string of the molecule is COC1(CC(=O)N(C)CCCC(=O)O)CCC1. The molecule has 0 bridgehead atoms. The fourth-order valence-electron chi connectivity index (χ4n) is 2.03. The molecule has 0 unspecified atom stereocenters. The van der Waals surface area contributed by atoms with Crippen molar-refractivity contribution in [2.45, 2.75) is 44.1 Å². The Morgan fingerprint density at radius 2 is 2.06 bits per heavy atom. The zero-order valence-electron chi connectivity index (χ0n) is 10.6. The maximum atomic E-state index is 11.9. The van der Waals surface area contributed by atoms with Gasteiger partial charge in [-0.25, -0.2) is 0 Å². The molecule has 0 aromatic carbocycles. The van der Waals surface area contributed by atoms with E-state index in [-0.39, 0.29) is 17.9 Å². The van der Waals surface area contributed by atoms with E-state index in [4.69, 9.17) is 9.84 Å². The number of ether oxygens (including phenoxy) is 1. The lowest BCUT2D eigenvalue weighted by Gasteiger charge is -2.40. The Kier molecular flexibility index (Phi) is 4.93. The van der Waals surface area contributed by atoms with Gasteiger partial charge in [0.2, 0.25) is 5.91 Å². The minimum absolute atomic E-state index is 0.0388. The number of hydrogen-bond acceptors (Lipinski definition) is 3. The van der Waals surface area contributed by atoms with Crippen molar-refractivity contribution in [3.8, 4) is 0 Å². The van der Waals surface area contributed by atoms with Gasteiger partial charge in [-0.3, -0.25) is 9.59 Å². The maximum Gasteiger partial charge on any atom is 0.303 e. The summed E-state index contributed by atoms with van der Waals surface area (Å²) >= 11 is 0. The second-order valence-corrected chi connectivity index (χ2v) is 4.73. The number of methoxy groups -OCH3 is 1. The van der Waals surface area contributed by atoms with E-state index in [9.17, 15) is 9.59 Å². The van der Waals surface area contributed by atoms with Gasteiger partial charge in [0.25, 0.3) is 0 Å². The molecule has 1 fully saturated rings. The van der Waals surface area contributed by atoms with Crippen LogP contribution in [0.1, 0.15) is 38.5 Å². The van der Waals surface area contributed by atoms with Gasteiger partial charge in [0.05, 0.1) is 12.0 Å². The molecule has 1 N–H and O–H groups in total. The van der Waals surface area contributed by atoms with Crippen LogP contribution >= 0.6 is 0 Å². The minimum atomic E-state index is -0.821. The molecule has 0 saturated heterocycles. The number of rotatable bonds is 7. The van der Waals surface area contributed by atoms with Crippen LogP contribution in [0.4, 0.5) is 0 Å². The van der Waals surface area contributed by atoms with Crippen LogP contribution in [-0.2, 0) is 14.3 Å². The third-order valence-corrected chi connectivity index (χ3v) is 3.48. The average Bonchev–Trinajstić information content (AvgIpc) is 2.22. The summed E-state index contributed by atoms with van der Waals surface area (Å²) < 4.78 is 5.40. The van der Waals surface area contributed by atoms with Crippen molar-refractivity contribution in [2.24, 2.45) is 0 Å². The number of carbonyl (C=O) groups is 2. The summed E-state index contributed by atoms with van der Waals surface area (Å²) in [4.78, 5) is 23.8. The quantitative estimate of drug-likeness (QED) is 0.731. The first kappa shape index (κ1) is 14.0. The minimum Gasteiger partial charge on any atom is -0.481 e. The van der Waals surface area contributed by atoms with Crippen molar-refractivity contribution in [3.05, 3.63) is 0 Å². The van der Waals surface area contributed by atoms with Crippen LogP contribution in [0, 0.1) is 0 Å². The molecule has 5 nitrogen and oxygen atoms in total. The number of amides is 1. The van der Waals surface area contributed by atoms with Gasteiger partial charge in [-0.05, 0) is 25.7 Å². The molecule has 1 saturated carbocycles. The van der Waals surface area contributed by atoms with Crippen LogP contribution in [0.25, 0.3) is 0 Å². The molecule has 0 radical (unpaired) electrons.